The lowest BCUT2D eigenvalue weighted by Crippen LogP contribution is -2.43. The topological polar surface area (TPSA) is 50.1 Å². The molecule has 5 heteroatoms. The highest BCUT2D eigenvalue weighted by molar-refractivity contribution is 9.10. The van der Waals surface area contributed by atoms with Gasteiger partial charge >= 0.3 is 0 Å². The first-order chi connectivity index (χ1) is 8.06. The molecule has 0 aromatic carbocycles. The number of hydrogen-bond acceptors (Lipinski definition) is 3. The van der Waals surface area contributed by atoms with Gasteiger partial charge in [-0.1, -0.05) is 6.92 Å². The summed E-state index contributed by atoms with van der Waals surface area (Å²) in [6.45, 7) is 3.88. The average molecular weight is 302 g/mol. The Bertz CT molecular complexity index is 397. The van der Waals surface area contributed by atoms with Gasteiger partial charge in [-0.2, -0.15) is 5.10 Å². The van der Waals surface area contributed by atoms with Crippen LogP contribution in [0.2, 0.25) is 0 Å². The maximum absolute atomic E-state index is 10.6. The molecule has 0 bridgehead atoms. The summed E-state index contributed by atoms with van der Waals surface area (Å²) in [5, 5.41) is 18.3. The monoisotopic (exact) mass is 301 g/mol. The Morgan fingerprint density at radius 3 is 2.65 bits per heavy atom. The van der Waals surface area contributed by atoms with Crippen molar-refractivity contribution in [2.24, 2.45) is 7.05 Å². The summed E-state index contributed by atoms with van der Waals surface area (Å²) < 4.78 is 2.96. The van der Waals surface area contributed by atoms with E-state index in [4.69, 9.17) is 0 Å². The molecule has 0 amide bonds. The van der Waals surface area contributed by atoms with Crippen LogP contribution < -0.4 is 5.32 Å². The number of piperidine rings is 1. The van der Waals surface area contributed by atoms with Gasteiger partial charge in [0.25, 0.3) is 0 Å². The summed E-state index contributed by atoms with van der Waals surface area (Å²) in [5.41, 5.74) is 1.60. The van der Waals surface area contributed by atoms with Gasteiger partial charge in [0, 0.05) is 13.5 Å². The predicted molar refractivity (Wildman–Crippen MR) is 71.0 cm³/mol. The second-order valence-electron chi connectivity index (χ2n) is 4.84. The molecule has 0 saturated carbocycles. The van der Waals surface area contributed by atoms with Crippen LogP contribution in [0.3, 0.4) is 0 Å². The molecular weight excluding hydrogens is 282 g/mol. The second-order valence-corrected chi connectivity index (χ2v) is 5.63. The molecule has 1 aliphatic heterocycles. The molecule has 96 valence electrons. The number of halogens is 1. The second kappa shape index (κ2) is 5.08. The molecule has 4 nitrogen and oxygen atoms in total. The maximum Gasteiger partial charge on any atom is 0.0766 e. The first kappa shape index (κ1) is 13.1. The molecule has 1 fully saturated rings. The van der Waals surface area contributed by atoms with Gasteiger partial charge in [0.15, 0.2) is 0 Å². The third-order valence-corrected chi connectivity index (χ3v) is 4.45. The van der Waals surface area contributed by atoms with E-state index in [2.05, 4.69) is 33.3 Å². The largest absolute Gasteiger partial charge is 0.389 e. The van der Waals surface area contributed by atoms with Gasteiger partial charge < -0.3 is 10.4 Å². The molecule has 1 saturated heterocycles. The van der Waals surface area contributed by atoms with Crippen LogP contribution in [0, 0.1) is 0 Å². The van der Waals surface area contributed by atoms with Gasteiger partial charge in [0.2, 0.25) is 0 Å². The Balaban J connectivity index is 2.20. The van der Waals surface area contributed by atoms with Crippen molar-refractivity contribution < 1.29 is 5.11 Å². The van der Waals surface area contributed by atoms with E-state index in [-0.39, 0.29) is 0 Å². The van der Waals surface area contributed by atoms with Crippen LogP contribution in [0.25, 0.3) is 0 Å². The summed E-state index contributed by atoms with van der Waals surface area (Å²) >= 11 is 3.60. The minimum Gasteiger partial charge on any atom is -0.389 e. The van der Waals surface area contributed by atoms with Crippen molar-refractivity contribution in [1.82, 2.24) is 15.1 Å². The molecule has 1 aliphatic rings. The highest BCUT2D eigenvalue weighted by atomic mass is 79.9. The van der Waals surface area contributed by atoms with E-state index in [0.717, 1.165) is 48.2 Å². The van der Waals surface area contributed by atoms with Crippen LogP contribution in [0.5, 0.6) is 0 Å². The molecule has 1 aromatic heterocycles. The molecule has 2 rings (SSSR count). The number of hydrogen-bond donors (Lipinski definition) is 2. The molecule has 0 atom stereocenters. The summed E-state index contributed by atoms with van der Waals surface area (Å²) in [7, 11) is 1.95. The highest BCUT2D eigenvalue weighted by Crippen LogP contribution is 2.29. The molecular formula is C12H20BrN3O. The highest BCUT2D eigenvalue weighted by Gasteiger charge is 2.31. The van der Waals surface area contributed by atoms with E-state index < -0.39 is 5.60 Å². The zero-order valence-electron chi connectivity index (χ0n) is 10.5. The minimum atomic E-state index is -0.577. The van der Waals surface area contributed by atoms with Gasteiger partial charge in [-0.15, -0.1) is 0 Å². The first-order valence-electron chi connectivity index (χ1n) is 6.19. The quantitative estimate of drug-likeness (QED) is 0.887. The number of nitrogens with one attached hydrogen (secondary N) is 1. The van der Waals surface area contributed by atoms with E-state index >= 15 is 0 Å². The molecule has 0 aliphatic carbocycles. The fourth-order valence-corrected chi connectivity index (χ4v) is 3.15. The van der Waals surface area contributed by atoms with Gasteiger partial charge in [-0.3, -0.25) is 4.68 Å². The number of aromatic nitrogens is 2. The molecule has 2 heterocycles. The Morgan fingerprint density at radius 2 is 2.12 bits per heavy atom. The van der Waals surface area contributed by atoms with Crippen LogP contribution in [-0.2, 0) is 19.9 Å². The van der Waals surface area contributed by atoms with Crippen LogP contribution in [0.1, 0.15) is 31.2 Å². The zero-order chi connectivity index (χ0) is 12.5. The van der Waals surface area contributed by atoms with Crippen molar-refractivity contribution in [3.05, 3.63) is 15.9 Å². The number of aryl methyl sites for hydroxylation is 2. The van der Waals surface area contributed by atoms with Gasteiger partial charge in [-0.25, -0.2) is 0 Å². The van der Waals surface area contributed by atoms with Crippen LogP contribution in [0.4, 0.5) is 0 Å². The zero-order valence-corrected chi connectivity index (χ0v) is 12.0. The molecule has 0 spiro atoms. The normalized spacial score (nSPS) is 19.5. The van der Waals surface area contributed by atoms with Gasteiger partial charge in [0.05, 0.1) is 21.5 Å². The standard InChI is InChI=1S/C12H20BrN3O/c1-3-9-11(13)10(16(2)15-9)8-12(17)4-6-14-7-5-12/h14,17H,3-8H2,1-2H3. The fraction of sp³-hybridized carbons (Fsp3) is 0.750. The van der Waals surface area contributed by atoms with Gasteiger partial charge in [0.1, 0.15) is 0 Å². The molecule has 0 radical (unpaired) electrons. The van der Waals surface area contributed by atoms with Crippen molar-refractivity contribution in [2.45, 2.75) is 38.2 Å². The molecule has 17 heavy (non-hydrogen) atoms. The van der Waals surface area contributed by atoms with Crippen molar-refractivity contribution >= 4 is 15.9 Å². The van der Waals surface area contributed by atoms with Crippen molar-refractivity contribution in [3.63, 3.8) is 0 Å². The first-order valence-corrected chi connectivity index (χ1v) is 6.98. The molecule has 2 N–H and O–H groups in total. The summed E-state index contributed by atoms with van der Waals surface area (Å²) in [6, 6.07) is 0. The van der Waals surface area contributed by atoms with Crippen LogP contribution in [-0.4, -0.2) is 33.6 Å². The number of nitrogens with zero attached hydrogens (tertiary/aromatic N) is 2. The van der Waals surface area contributed by atoms with Crippen LogP contribution in [0.15, 0.2) is 4.47 Å². The van der Waals surface area contributed by atoms with Crippen molar-refractivity contribution in [3.8, 4) is 0 Å². The Morgan fingerprint density at radius 1 is 1.47 bits per heavy atom. The third kappa shape index (κ3) is 2.72. The summed E-state index contributed by atoms with van der Waals surface area (Å²) in [5.74, 6) is 0. The Labute approximate surface area is 111 Å². The lowest BCUT2D eigenvalue weighted by molar-refractivity contribution is 0.00911. The summed E-state index contributed by atoms with van der Waals surface area (Å²) in [4.78, 5) is 0. The van der Waals surface area contributed by atoms with Gasteiger partial charge in [-0.05, 0) is 48.3 Å². The lowest BCUT2D eigenvalue weighted by atomic mass is 9.88. The SMILES string of the molecule is CCc1nn(C)c(CC2(O)CCNCC2)c1Br. The van der Waals surface area contributed by atoms with Crippen LogP contribution >= 0.6 is 15.9 Å². The fourth-order valence-electron chi connectivity index (χ4n) is 2.39. The molecule has 0 unspecified atom stereocenters. The third-order valence-electron chi connectivity index (χ3n) is 3.53. The van der Waals surface area contributed by atoms with E-state index in [0.29, 0.717) is 6.42 Å². The van der Waals surface area contributed by atoms with Crippen molar-refractivity contribution in [2.75, 3.05) is 13.1 Å². The lowest BCUT2D eigenvalue weighted by Gasteiger charge is -2.32. The Kier molecular flexibility index (Phi) is 3.90. The van der Waals surface area contributed by atoms with E-state index in [9.17, 15) is 5.11 Å². The van der Waals surface area contributed by atoms with Crippen molar-refractivity contribution in [1.29, 1.82) is 0 Å². The van der Waals surface area contributed by atoms with E-state index in [1.165, 1.54) is 0 Å². The predicted octanol–water partition coefficient (Wildman–Crippen LogP) is 1.40. The number of aliphatic hydroxyl groups is 1. The number of rotatable bonds is 3. The minimum absolute atomic E-state index is 0.577. The Hall–Kier alpha value is -0.390. The smallest absolute Gasteiger partial charge is 0.0766 e. The van der Waals surface area contributed by atoms with E-state index in [1.807, 2.05) is 11.7 Å². The van der Waals surface area contributed by atoms with E-state index in [1.54, 1.807) is 0 Å². The average Bonchev–Trinajstić information content (AvgIpc) is 2.57. The molecule has 1 aromatic rings. The maximum atomic E-state index is 10.6. The summed E-state index contributed by atoms with van der Waals surface area (Å²) in [6.07, 6.45) is 3.21.